The lowest BCUT2D eigenvalue weighted by Gasteiger charge is -1.84. The van der Waals surface area contributed by atoms with Gasteiger partial charge >= 0.3 is 0 Å². The molecule has 0 N–H and O–H groups in total. The largest absolute Gasteiger partial charge is 0.419 e. The molecular weight excluding hydrogens is 208 g/mol. The molecule has 2 rings (SSSR count). The quantitative estimate of drug-likeness (QED) is 0.722. The van der Waals surface area contributed by atoms with Crippen LogP contribution in [0.25, 0.3) is 10.8 Å². The van der Waals surface area contributed by atoms with Gasteiger partial charge in [-0.05, 0) is 23.9 Å². The Morgan fingerprint density at radius 2 is 2.38 bits per heavy atom. The van der Waals surface area contributed by atoms with Gasteiger partial charge in [0.2, 0.25) is 5.89 Å². The molecule has 5 heteroatoms. The summed E-state index contributed by atoms with van der Waals surface area (Å²) in [4.78, 5) is 0.987. The molecule has 0 aliphatic heterocycles. The van der Waals surface area contributed by atoms with Crippen molar-refractivity contribution in [3.8, 4) is 10.8 Å². The molecule has 0 spiro atoms. The molecule has 0 radical (unpaired) electrons. The molecule has 2 heterocycles. The molecule has 68 valence electrons. The fraction of sp³-hybridized carbons (Fsp3) is 0.250. The van der Waals surface area contributed by atoms with Gasteiger partial charge in [-0.2, -0.15) is 0 Å². The third kappa shape index (κ3) is 1.73. The molecule has 13 heavy (non-hydrogen) atoms. The monoisotopic (exact) mass is 214 g/mol. The summed E-state index contributed by atoms with van der Waals surface area (Å²) in [6, 6.07) is 2.01. The van der Waals surface area contributed by atoms with Gasteiger partial charge in [0.15, 0.2) is 0 Å². The van der Waals surface area contributed by atoms with Crippen LogP contribution in [0.5, 0.6) is 0 Å². The topological polar surface area (TPSA) is 38.9 Å². The van der Waals surface area contributed by atoms with Gasteiger partial charge in [0.25, 0.3) is 5.89 Å². The van der Waals surface area contributed by atoms with Crippen molar-refractivity contribution in [3.05, 3.63) is 22.9 Å². The first-order valence-electron chi connectivity index (χ1n) is 3.73. The highest BCUT2D eigenvalue weighted by Gasteiger charge is 2.08. The summed E-state index contributed by atoms with van der Waals surface area (Å²) in [5, 5.41) is 9.70. The van der Waals surface area contributed by atoms with Gasteiger partial charge in [0.05, 0.1) is 4.88 Å². The van der Waals surface area contributed by atoms with E-state index in [1.165, 1.54) is 5.56 Å². The van der Waals surface area contributed by atoms with E-state index in [0.717, 1.165) is 4.88 Å². The highest BCUT2D eigenvalue weighted by molar-refractivity contribution is 7.13. The molecule has 0 saturated heterocycles. The van der Waals surface area contributed by atoms with Crippen molar-refractivity contribution in [1.29, 1.82) is 0 Å². The fourth-order valence-corrected chi connectivity index (χ4v) is 1.88. The van der Waals surface area contributed by atoms with Crippen molar-refractivity contribution >= 4 is 22.9 Å². The van der Waals surface area contributed by atoms with Crippen molar-refractivity contribution in [2.45, 2.75) is 12.8 Å². The summed E-state index contributed by atoms with van der Waals surface area (Å²) in [5.41, 5.74) is 1.20. The van der Waals surface area contributed by atoms with E-state index >= 15 is 0 Å². The normalized spacial score (nSPS) is 10.6. The second-order valence-corrected chi connectivity index (χ2v) is 3.80. The van der Waals surface area contributed by atoms with Crippen LogP contribution in [-0.4, -0.2) is 10.2 Å². The van der Waals surface area contributed by atoms with Gasteiger partial charge in [-0.3, -0.25) is 0 Å². The molecule has 2 aromatic rings. The van der Waals surface area contributed by atoms with Crippen molar-refractivity contribution in [2.75, 3.05) is 0 Å². The van der Waals surface area contributed by atoms with Gasteiger partial charge in [-0.1, -0.05) is 0 Å². The lowest BCUT2D eigenvalue weighted by molar-refractivity contribution is 0.528. The number of rotatable bonds is 2. The number of hydrogen-bond donors (Lipinski definition) is 0. The van der Waals surface area contributed by atoms with Gasteiger partial charge in [0.1, 0.15) is 5.88 Å². The summed E-state index contributed by atoms with van der Waals surface area (Å²) in [6.45, 7) is 2.03. The summed E-state index contributed by atoms with van der Waals surface area (Å²) in [6.07, 6.45) is 0. The first-order chi connectivity index (χ1) is 6.29. The fourth-order valence-electron chi connectivity index (χ4n) is 0.951. The maximum atomic E-state index is 5.54. The molecule has 0 saturated carbocycles. The Balaban J connectivity index is 2.35. The van der Waals surface area contributed by atoms with Gasteiger partial charge in [-0.15, -0.1) is 33.1 Å². The zero-order chi connectivity index (χ0) is 9.26. The Bertz CT molecular complexity index is 410. The summed E-state index contributed by atoms with van der Waals surface area (Å²) >= 11 is 7.13. The smallest absolute Gasteiger partial charge is 0.257 e. The molecule has 3 nitrogen and oxygen atoms in total. The number of thiophene rings is 1. The maximum absolute atomic E-state index is 5.54. The van der Waals surface area contributed by atoms with Crippen LogP contribution in [-0.2, 0) is 5.88 Å². The number of nitrogens with zero attached hydrogens (tertiary/aromatic N) is 2. The van der Waals surface area contributed by atoms with Crippen molar-refractivity contribution in [1.82, 2.24) is 10.2 Å². The van der Waals surface area contributed by atoms with Gasteiger partial charge < -0.3 is 4.42 Å². The van der Waals surface area contributed by atoms with E-state index in [0.29, 0.717) is 11.8 Å². The Morgan fingerprint density at radius 1 is 1.54 bits per heavy atom. The van der Waals surface area contributed by atoms with Crippen LogP contribution in [0.15, 0.2) is 15.9 Å². The highest BCUT2D eigenvalue weighted by Crippen LogP contribution is 2.25. The van der Waals surface area contributed by atoms with E-state index in [4.69, 9.17) is 16.0 Å². The van der Waals surface area contributed by atoms with E-state index in [-0.39, 0.29) is 5.88 Å². The van der Waals surface area contributed by atoms with E-state index in [9.17, 15) is 0 Å². The predicted octanol–water partition coefficient (Wildman–Crippen LogP) is 2.85. The van der Waals surface area contributed by atoms with Gasteiger partial charge in [-0.25, -0.2) is 0 Å². The predicted molar refractivity (Wildman–Crippen MR) is 51.9 cm³/mol. The molecule has 0 aliphatic carbocycles. The van der Waals surface area contributed by atoms with Crippen LogP contribution in [0.3, 0.4) is 0 Å². The van der Waals surface area contributed by atoms with Crippen LogP contribution in [0.2, 0.25) is 0 Å². The Morgan fingerprint density at radius 3 is 2.92 bits per heavy atom. The van der Waals surface area contributed by atoms with Crippen LogP contribution in [0, 0.1) is 6.92 Å². The zero-order valence-corrected chi connectivity index (χ0v) is 8.52. The molecule has 0 aliphatic rings. The summed E-state index contributed by atoms with van der Waals surface area (Å²) < 4.78 is 5.29. The second-order valence-electron chi connectivity index (χ2n) is 2.62. The number of halogens is 1. The van der Waals surface area contributed by atoms with Crippen molar-refractivity contribution in [3.63, 3.8) is 0 Å². The van der Waals surface area contributed by atoms with Crippen molar-refractivity contribution in [2.24, 2.45) is 0 Å². The lowest BCUT2D eigenvalue weighted by Crippen LogP contribution is -1.73. The highest BCUT2D eigenvalue weighted by atomic mass is 35.5. The molecular formula is C8H7ClN2OS. The first-order valence-corrected chi connectivity index (χ1v) is 5.15. The number of hydrogen-bond acceptors (Lipinski definition) is 4. The SMILES string of the molecule is Cc1csc(-c2nnc(CCl)o2)c1. The molecule has 0 fully saturated rings. The Kier molecular flexibility index (Phi) is 2.33. The van der Waals surface area contributed by atoms with E-state index in [1.54, 1.807) is 11.3 Å². The first kappa shape index (κ1) is 8.72. The number of alkyl halides is 1. The number of aromatic nitrogens is 2. The molecule has 0 unspecified atom stereocenters. The van der Waals surface area contributed by atoms with Crippen LogP contribution >= 0.6 is 22.9 Å². The van der Waals surface area contributed by atoms with Gasteiger partial charge in [0, 0.05) is 0 Å². The minimum Gasteiger partial charge on any atom is -0.419 e. The molecule has 2 aromatic heterocycles. The molecule has 0 amide bonds. The molecule has 0 bridgehead atoms. The average Bonchev–Trinajstić information content (AvgIpc) is 2.71. The molecule has 0 atom stereocenters. The summed E-state index contributed by atoms with van der Waals surface area (Å²) in [7, 11) is 0. The zero-order valence-electron chi connectivity index (χ0n) is 6.95. The maximum Gasteiger partial charge on any atom is 0.257 e. The van der Waals surface area contributed by atoms with Crippen LogP contribution in [0.1, 0.15) is 11.5 Å². The molecule has 0 aromatic carbocycles. The number of aryl methyl sites for hydroxylation is 1. The third-order valence-corrected chi connectivity index (χ3v) is 2.79. The average molecular weight is 215 g/mol. The Hall–Kier alpha value is -0.870. The summed E-state index contributed by atoms with van der Waals surface area (Å²) in [5.74, 6) is 1.27. The van der Waals surface area contributed by atoms with E-state index in [2.05, 4.69) is 10.2 Å². The second kappa shape index (κ2) is 3.47. The standard InChI is InChI=1S/C8H7ClN2OS/c1-5-2-6(13-4-5)8-11-10-7(3-9)12-8/h2,4H,3H2,1H3. The van der Waals surface area contributed by atoms with E-state index < -0.39 is 0 Å². The Labute approximate surface area is 84.4 Å². The van der Waals surface area contributed by atoms with E-state index in [1.807, 2.05) is 18.4 Å². The third-order valence-electron chi connectivity index (χ3n) is 1.52. The minimum absolute atomic E-state index is 0.261. The van der Waals surface area contributed by atoms with Crippen LogP contribution in [0.4, 0.5) is 0 Å². The van der Waals surface area contributed by atoms with Crippen molar-refractivity contribution < 1.29 is 4.42 Å². The lowest BCUT2D eigenvalue weighted by atomic mass is 10.3. The van der Waals surface area contributed by atoms with Crippen LogP contribution < -0.4 is 0 Å². The minimum atomic E-state index is 0.261.